The molecule has 0 bridgehead atoms. The topological polar surface area (TPSA) is 75.3 Å². The molecule has 0 fully saturated rings. The Bertz CT molecular complexity index is 839. The lowest BCUT2D eigenvalue weighted by Gasteiger charge is -2.09. The number of rotatable bonds is 6. The van der Waals surface area contributed by atoms with Gasteiger partial charge >= 0.3 is 0 Å². The van der Waals surface area contributed by atoms with Crippen LogP contribution in [0.3, 0.4) is 0 Å². The standard InChI is InChI=1S/C16H16ClFN2O3S/c1-2-19-16(21)12-5-3-11(4-6-12)10-20-24(22,23)15-8-7-13(17)9-14(15)18/h3-9,20H,2,10H2,1H3,(H,19,21). The van der Waals surface area contributed by atoms with Crippen LogP contribution in [0.15, 0.2) is 47.4 Å². The average Bonchev–Trinajstić information content (AvgIpc) is 2.53. The van der Waals surface area contributed by atoms with Crippen molar-refractivity contribution in [2.24, 2.45) is 0 Å². The van der Waals surface area contributed by atoms with Crippen LogP contribution >= 0.6 is 11.6 Å². The zero-order valence-electron chi connectivity index (χ0n) is 12.8. The predicted octanol–water partition coefficient (Wildman–Crippen LogP) is 2.71. The van der Waals surface area contributed by atoms with E-state index in [0.717, 1.165) is 12.1 Å². The van der Waals surface area contributed by atoms with Crippen LogP contribution in [0.1, 0.15) is 22.8 Å². The van der Waals surface area contributed by atoms with E-state index in [2.05, 4.69) is 10.0 Å². The normalized spacial score (nSPS) is 11.3. The van der Waals surface area contributed by atoms with E-state index in [-0.39, 0.29) is 17.5 Å². The second-order valence-electron chi connectivity index (χ2n) is 4.96. The van der Waals surface area contributed by atoms with Crippen molar-refractivity contribution in [3.8, 4) is 0 Å². The van der Waals surface area contributed by atoms with Gasteiger partial charge in [-0.3, -0.25) is 4.79 Å². The molecule has 0 aliphatic carbocycles. The highest BCUT2D eigenvalue weighted by Gasteiger charge is 2.19. The summed E-state index contributed by atoms with van der Waals surface area (Å²) >= 11 is 5.61. The molecule has 8 heteroatoms. The minimum absolute atomic E-state index is 0.0277. The van der Waals surface area contributed by atoms with E-state index in [1.807, 2.05) is 6.92 Å². The van der Waals surface area contributed by atoms with Crippen LogP contribution in [0, 0.1) is 5.82 Å². The Morgan fingerprint density at radius 3 is 2.42 bits per heavy atom. The Morgan fingerprint density at radius 2 is 1.83 bits per heavy atom. The van der Waals surface area contributed by atoms with Crippen molar-refractivity contribution in [2.45, 2.75) is 18.4 Å². The quantitative estimate of drug-likeness (QED) is 0.821. The third-order valence-corrected chi connectivity index (χ3v) is 4.87. The van der Waals surface area contributed by atoms with Crippen LogP contribution in [0.25, 0.3) is 0 Å². The summed E-state index contributed by atoms with van der Waals surface area (Å²) in [5, 5.41) is 2.78. The molecule has 0 aromatic heterocycles. The van der Waals surface area contributed by atoms with E-state index in [1.165, 1.54) is 6.07 Å². The number of nitrogens with one attached hydrogen (secondary N) is 2. The van der Waals surface area contributed by atoms with Crippen molar-refractivity contribution < 1.29 is 17.6 Å². The van der Waals surface area contributed by atoms with Gasteiger partial charge in [0.1, 0.15) is 10.7 Å². The van der Waals surface area contributed by atoms with Crippen molar-refractivity contribution in [1.82, 2.24) is 10.0 Å². The van der Waals surface area contributed by atoms with Gasteiger partial charge in [-0.2, -0.15) is 0 Å². The first-order chi connectivity index (χ1) is 11.3. The van der Waals surface area contributed by atoms with E-state index in [0.29, 0.717) is 17.7 Å². The van der Waals surface area contributed by atoms with Crippen LogP contribution in [0.4, 0.5) is 4.39 Å². The van der Waals surface area contributed by atoms with Crippen molar-refractivity contribution in [2.75, 3.05) is 6.54 Å². The number of hydrogen-bond acceptors (Lipinski definition) is 3. The zero-order chi connectivity index (χ0) is 17.7. The molecule has 0 heterocycles. The molecule has 1 amide bonds. The van der Waals surface area contributed by atoms with Gasteiger partial charge in [-0.25, -0.2) is 17.5 Å². The second-order valence-corrected chi connectivity index (χ2v) is 7.13. The monoisotopic (exact) mass is 370 g/mol. The van der Waals surface area contributed by atoms with E-state index < -0.39 is 20.7 Å². The molecular formula is C16H16ClFN2O3S. The molecule has 0 saturated heterocycles. The number of sulfonamides is 1. The number of halogens is 2. The Labute approximate surface area is 144 Å². The first-order valence-corrected chi connectivity index (χ1v) is 9.01. The summed E-state index contributed by atoms with van der Waals surface area (Å²) < 4.78 is 40.3. The van der Waals surface area contributed by atoms with Crippen LogP contribution in [0.2, 0.25) is 5.02 Å². The molecule has 5 nitrogen and oxygen atoms in total. The number of carbonyl (C=O) groups is 1. The highest BCUT2D eigenvalue weighted by Crippen LogP contribution is 2.19. The van der Waals surface area contributed by atoms with Crippen LogP contribution in [0.5, 0.6) is 0 Å². The maximum atomic E-state index is 13.7. The summed E-state index contributed by atoms with van der Waals surface area (Å²) in [5.74, 6) is -1.12. The highest BCUT2D eigenvalue weighted by atomic mass is 35.5. The van der Waals surface area contributed by atoms with Crippen molar-refractivity contribution >= 4 is 27.5 Å². The molecule has 0 unspecified atom stereocenters. The number of amides is 1. The summed E-state index contributed by atoms with van der Waals surface area (Å²) in [5.41, 5.74) is 1.12. The fourth-order valence-corrected chi connectivity index (χ4v) is 3.22. The fraction of sp³-hybridized carbons (Fsp3) is 0.188. The molecule has 0 atom stereocenters. The third-order valence-electron chi connectivity index (χ3n) is 3.20. The lowest BCUT2D eigenvalue weighted by molar-refractivity contribution is 0.0956. The van der Waals surface area contributed by atoms with E-state index in [9.17, 15) is 17.6 Å². The Kier molecular flexibility index (Phi) is 5.93. The van der Waals surface area contributed by atoms with Gasteiger partial charge in [0, 0.05) is 23.7 Å². The largest absolute Gasteiger partial charge is 0.352 e. The molecule has 24 heavy (non-hydrogen) atoms. The van der Waals surface area contributed by atoms with Gasteiger partial charge in [0.05, 0.1) is 0 Å². The van der Waals surface area contributed by atoms with Gasteiger partial charge < -0.3 is 5.32 Å². The Morgan fingerprint density at radius 1 is 1.17 bits per heavy atom. The summed E-state index contributed by atoms with van der Waals surface area (Å²) in [4.78, 5) is 11.2. The summed E-state index contributed by atoms with van der Waals surface area (Å²) in [7, 11) is -4.00. The highest BCUT2D eigenvalue weighted by molar-refractivity contribution is 7.89. The maximum Gasteiger partial charge on any atom is 0.251 e. The van der Waals surface area contributed by atoms with Crippen LogP contribution in [-0.4, -0.2) is 20.9 Å². The molecule has 0 aliphatic rings. The van der Waals surface area contributed by atoms with E-state index >= 15 is 0 Å². The van der Waals surface area contributed by atoms with Gasteiger partial charge in [-0.1, -0.05) is 23.7 Å². The molecule has 2 N–H and O–H groups in total. The van der Waals surface area contributed by atoms with Gasteiger partial charge in [0.2, 0.25) is 10.0 Å². The zero-order valence-corrected chi connectivity index (χ0v) is 14.4. The van der Waals surface area contributed by atoms with Gasteiger partial charge in [-0.05, 0) is 42.8 Å². The van der Waals surface area contributed by atoms with E-state index in [4.69, 9.17) is 11.6 Å². The Hall–Kier alpha value is -1.96. The molecular weight excluding hydrogens is 355 g/mol. The molecule has 128 valence electrons. The van der Waals surface area contributed by atoms with Crippen molar-refractivity contribution in [3.05, 3.63) is 64.4 Å². The molecule has 0 saturated carbocycles. The lowest BCUT2D eigenvalue weighted by Crippen LogP contribution is -2.24. The van der Waals surface area contributed by atoms with Crippen LogP contribution < -0.4 is 10.0 Å². The number of carbonyl (C=O) groups excluding carboxylic acids is 1. The smallest absolute Gasteiger partial charge is 0.251 e. The van der Waals surface area contributed by atoms with Gasteiger partial charge in [-0.15, -0.1) is 0 Å². The third kappa shape index (κ3) is 4.53. The first-order valence-electron chi connectivity index (χ1n) is 7.15. The second kappa shape index (κ2) is 7.74. The lowest BCUT2D eigenvalue weighted by atomic mass is 10.1. The number of hydrogen-bond donors (Lipinski definition) is 2. The minimum atomic E-state index is -4.00. The predicted molar refractivity (Wildman–Crippen MR) is 89.9 cm³/mol. The summed E-state index contributed by atoms with van der Waals surface area (Å²) in [6.45, 7) is 2.31. The van der Waals surface area contributed by atoms with E-state index in [1.54, 1.807) is 24.3 Å². The Balaban J connectivity index is 2.08. The van der Waals surface area contributed by atoms with Gasteiger partial charge in [0.15, 0.2) is 0 Å². The first kappa shape index (κ1) is 18.4. The summed E-state index contributed by atoms with van der Waals surface area (Å²) in [6.07, 6.45) is 0. The SMILES string of the molecule is CCNC(=O)c1ccc(CNS(=O)(=O)c2ccc(Cl)cc2F)cc1. The summed E-state index contributed by atoms with van der Waals surface area (Å²) in [6, 6.07) is 9.81. The molecule has 0 spiro atoms. The van der Waals surface area contributed by atoms with Crippen LogP contribution in [-0.2, 0) is 16.6 Å². The molecule has 0 aliphatic heterocycles. The van der Waals surface area contributed by atoms with Crippen molar-refractivity contribution in [3.63, 3.8) is 0 Å². The average molecular weight is 371 g/mol. The van der Waals surface area contributed by atoms with Gasteiger partial charge in [0.25, 0.3) is 5.91 Å². The fourth-order valence-electron chi connectivity index (χ4n) is 1.99. The maximum absolute atomic E-state index is 13.7. The van der Waals surface area contributed by atoms with Crippen molar-refractivity contribution in [1.29, 1.82) is 0 Å². The number of benzene rings is 2. The molecule has 2 aromatic carbocycles. The molecule has 0 radical (unpaired) electrons. The molecule has 2 aromatic rings. The minimum Gasteiger partial charge on any atom is -0.352 e. The molecule has 2 rings (SSSR count).